The zero-order valence-electron chi connectivity index (χ0n) is 7.37. The number of allylic oxidation sites excluding steroid dienone is 1. The molecule has 0 radical (unpaired) electrons. The standard InChI is InChI=1S/C10H13NO/c1-3-6-9-7-4-5-8-10(9)12-11-2/h3-8,11H,1-2H3/b6-3-. The first kappa shape index (κ1) is 8.81. The minimum absolute atomic E-state index is 0.845. The van der Waals surface area contributed by atoms with Crippen LogP contribution in [-0.4, -0.2) is 7.05 Å². The molecule has 0 saturated carbocycles. The van der Waals surface area contributed by atoms with Gasteiger partial charge in [0.25, 0.3) is 0 Å². The van der Waals surface area contributed by atoms with E-state index in [1.807, 2.05) is 43.3 Å². The van der Waals surface area contributed by atoms with E-state index in [1.165, 1.54) is 0 Å². The van der Waals surface area contributed by atoms with E-state index in [4.69, 9.17) is 4.84 Å². The number of hydroxylamine groups is 1. The fourth-order valence-electron chi connectivity index (χ4n) is 1.00. The molecular weight excluding hydrogens is 150 g/mol. The first-order valence-electron chi connectivity index (χ1n) is 3.93. The van der Waals surface area contributed by atoms with Gasteiger partial charge >= 0.3 is 0 Å². The molecule has 0 unspecified atom stereocenters. The largest absolute Gasteiger partial charge is 0.408 e. The van der Waals surface area contributed by atoms with E-state index >= 15 is 0 Å². The molecule has 0 amide bonds. The van der Waals surface area contributed by atoms with Crippen LogP contribution >= 0.6 is 0 Å². The van der Waals surface area contributed by atoms with Gasteiger partial charge < -0.3 is 4.84 Å². The van der Waals surface area contributed by atoms with Crippen molar-refractivity contribution >= 4 is 6.08 Å². The van der Waals surface area contributed by atoms with E-state index in [-0.39, 0.29) is 0 Å². The van der Waals surface area contributed by atoms with E-state index in [0.717, 1.165) is 11.3 Å². The predicted molar refractivity (Wildman–Crippen MR) is 50.8 cm³/mol. The number of benzene rings is 1. The van der Waals surface area contributed by atoms with Crippen molar-refractivity contribution < 1.29 is 4.84 Å². The smallest absolute Gasteiger partial charge is 0.154 e. The molecule has 1 aromatic rings. The molecule has 0 fully saturated rings. The minimum Gasteiger partial charge on any atom is -0.408 e. The highest BCUT2D eigenvalue weighted by molar-refractivity contribution is 5.56. The molecule has 0 heterocycles. The number of nitrogens with one attached hydrogen (secondary N) is 1. The van der Waals surface area contributed by atoms with Crippen LogP contribution in [0, 0.1) is 0 Å². The lowest BCUT2D eigenvalue weighted by atomic mass is 10.2. The minimum atomic E-state index is 0.845. The summed E-state index contributed by atoms with van der Waals surface area (Å²) in [5, 5.41) is 0. The topological polar surface area (TPSA) is 21.3 Å². The summed E-state index contributed by atoms with van der Waals surface area (Å²) < 4.78 is 0. The van der Waals surface area contributed by atoms with Crippen LogP contribution in [0.25, 0.3) is 6.08 Å². The maximum atomic E-state index is 5.19. The van der Waals surface area contributed by atoms with Crippen molar-refractivity contribution in [1.82, 2.24) is 5.48 Å². The Labute approximate surface area is 72.8 Å². The van der Waals surface area contributed by atoms with Crippen LogP contribution in [-0.2, 0) is 0 Å². The summed E-state index contributed by atoms with van der Waals surface area (Å²) in [6.07, 6.45) is 3.99. The Balaban J connectivity index is 2.91. The van der Waals surface area contributed by atoms with Gasteiger partial charge in [0.15, 0.2) is 5.75 Å². The Morgan fingerprint density at radius 1 is 1.33 bits per heavy atom. The number of hydrogen-bond acceptors (Lipinski definition) is 2. The summed E-state index contributed by atoms with van der Waals surface area (Å²) in [5.74, 6) is 0.845. The van der Waals surface area contributed by atoms with Crippen LogP contribution in [0.1, 0.15) is 12.5 Å². The van der Waals surface area contributed by atoms with Crippen molar-refractivity contribution in [2.75, 3.05) is 7.05 Å². The van der Waals surface area contributed by atoms with Crippen molar-refractivity contribution in [3.8, 4) is 5.75 Å². The molecule has 0 atom stereocenters. The van der Waals surface area contributed by atoms with E-state index in [0.29, 0.717) is 0 Å². The number of para-hydroxylation sites is 1. The molecule has 64 valence electrons. The quantitative estimate of drug-likeness (QED) is 0.690. The average Bonchev–Trinajstić information content (AvgIpc) is 2.09. The lowest BCUT2D eigenvalue weighted by molar-refractivity contribution is 0.223. The second-order valence-electron chi connectivity index (χ2n) is 2.34. The summed E-state index contributed by atoms with van der Waals surface area (Å²) in [6.45, 7) is 1.98. The molecule has 12 heavy (non-hydrogen) atoms. The van der Waals surface area contributed by atoms with Gasteiger partial charge in [-0.15, -0.1) is 0 Å². The van der Waals surface area contributed by atoms with E-state index in [9.17, 15) is 0 Å². The van der Waals surface area contributed by atoms with Crippen LogP contribution in [0.4, 0.5) is 0 Å². The zero-order chi connectivity index (χ0) is 8.81. The van der Waals surface area contributed by atoms with Crippen molar-refractivity contribution in [3.05, 3.63) is 35.9 Å². The van der Waals surface area contributed by atoms with Crippen LogP contribution in [0.15, 0.2) is 30.3 Å². The molecule has 1 rings (SSSR count). The summed E-state index contributed by atoms with van der Waals surface area (Å²) in [5.41, 5.74) is 3.73. The first-order valence-corrected chi connectivity index (χ1v) is 3.93. The van der Waals surface area contributed by atoms with Gasteiger partial charge in [0, 0.05) is 12.6 Å². The molecule has 2 nitrogen and oxygen atoms in total. The third-order valence-corrected chi connectivity index (χ3v) is 1.48. The maximum Gasteiger partial charge on any atom is 0.154 e. The Kier molecular flexibility index (Phi) is 3.35. The molecule has 0 aliphatic carbocycles. The van der Waals surface area contributed by atoms with Crippen molar-refractivity contribution in [2.45, 2.75) is 6.92 Å². The predicted octanol–water partition coefficient (Wildman–Crippen LogP) is 2.23. The van der Waals surface area contributed by atoms with Gasteiger partial charge in [-0.2, -0.15) is 5.48 Å². The van der Waals surface area contributed by atoms with Gasteiger partial charge in [0.1, 0.15) is 0 Å². The number of rotatable bonds is 3. The van der Waals surface area contributed by atoms with Crippen molar-refractivity contribution in [1.29, 1.82) is 0 Å². The van der Waals surface area contributed by atoms with Crippen molar-refractivity contribution in [2.24, 2.45) is 0 Å². The van der Waals surface area contributed by atoms with E-state index in [1.54, 1.807) is 7.05 Å². The SMILES string of the molecule is C/C=C\c1ccccc1ONC. The maximum absolute atomic E-state index is 5.19. The molecule has 1 aromatic carbocycles. The third-order valence-electron chi connectivity index (χ3n) is 1.48. The summed E-state index contributed by atoms with van der Waals surface area (Å²) in [6, 6.07) is 7.86. The third kappa shape index (κ3) is 2.10. The lowest BCUT2D eigenvalue weighted by Gasteiger charge is -2.05. The Morgan fingerprint density at radius 3 is 2.75 bits per heavy atom. The second kappa shape index (κ2) is 4.57. The molecule has 0 aliphatic rings. The Morgan fingerprint density at radius 2 is 2.08 bits per heavy atom. The molecule has 0 saturated heterocycles. The van der Waals surface area contributed by atoms with Crippen LogP contribution in [0.3, 0.4) is 0 Å². The highest BCUT2D eigenvalue weighted by atomic mass is 16.6. The van der Waals surface area contributed by atoms with E-state index in [2.05, 4.69) is 5.48 Å². The van der Waals surface area contributed by atoms with Crippen LogP contribution < -0.4 is 10.3 Å². The zero-order valence-corrected chi connectivity index (χ0v) is 7.37. The van der Waals surface area contributed by atoms with Gasteiger partial charge in [0.2, 0.25) is 0 Å². The highest BCUT2D eigenvalue weighted by Gasteiger charge is 1.96. The molecule has 0 bridgehead atoms. The van der Waals surface area contributed by atoms with Gasteiger partial charge in [-0.25, -0.2) is 0 Å². The Hall–Kier alpha value is -1.28. The van der Waals surface area contributed by atoms with Gasteiger partial charge in [-0.1, -0.05) is 30.4 Å². The molecular formula is C10H13NO. The van der Waals surface area contributed by atoms with Gasteiger partial charge in [-0.05, 0) is 13.0 Å². The normalized spacial score (nSPS) is 10.5. The molecule has 2 heteroatoms. The molecule has 0 aromatic heterocycles. The fraction of sp³-hybridized carbons (Fsp3) is 0.200. The first-order chi connectivity index (χ1) is 5.88. The molecule has 1 N–H and O–H groups in total. The van der Waals surface area contributed by atoms with Crippen LogP contribution in [0.5, 0.6) is 5.75 Å². The fourth-order valence-corrected chi connectivity index (χ4v) is 1.00. The second-order valence-corrected chi connectivity index (χ2v) is 2.34. The number of hydrogen-bond donors (Lipinski definition) is 1. The van der Waals surface area contributed by atoms with Crippen molar-refractivity contribution in [3.63, 3.8) is 0 Å². The Bertz CT molecular complexity index is 268. The molecule has 0 spiro atoms. The summed E-state index contributed by atoms with van der Waals surface area (Å²) in [7, 11) is 1.74. The average molecular weight is 163 g/mol. The summed E-state index contributed by atoms with van der Waals surface area (Å²) >= 11 is 0. The summed E-state index contributed by atoms with van der Waals surface area (Å²) in [4.78, 5) is 5.19. The molecule has 0 aliphatic heterocycles. The van der Waals surface area contributed by atoms with Gasteiger partial charge in [-0.3, -0.25) is 0 Å². The van der Waals surface area contributed by atoms with E-state index < -0.39 is 0 Å². The highest BCUT2D eigenvalue weighted by Crippen LogP contribution is 2.17. The lowest BCUT2D eigenvalue weighted by Crippen LogP contribution is -2.11. The van der Waals surface area contributed by atoms with Crippen LogP contribution in [0.2, 0.25) is 0 Å². The van der Waals surface area contributed by atoms with Gasteiger partial charge in [0.05, 0.1) is 0 Å². The monoisotopic (exact) mass is 163 g/mol.